The highest BCUT2D eigenvalue weighted by Crippen LogP contribution is 2.30. The number of fused-ring (bicyclic) bond motifs is 2. The summed E-state index contributed by atoms with van der Waals surface area (Å²) < 4.78 is 19.0. The summed E-state index contributed by atoms with van der Waals surface area (Å²) in [6.45, 7) is 7.02. The summed E-state index contributed by atoms with van der Waals surface area (Å²) in [4.78, 5) is 11.7. The Balaban J connectivity index is 1.62. The van der Waals surface area contributed by atoms with Gasteiger partial charge in [0.05, 0.1) is 30.8 Å². The van der Waals surface area contributed by atoms with Gasteiger partial charge < -0.3 is 19.1 Å². The van der Waals surface area contributed by atoms with Gasteiger partial charge in [0.25, 0.3) is 0 Å². The number of nitrogens with zero attached hydrogens (tertiary/aromatic N) is 4. The van der Waals surface area contributed by atoms with Gasteiger partial charge in [-0.1, -0.05) is 32.0 Å². The fourth-order valence-corrected chi connectivity index (χ4v) is 4.04. The number of ether oxygens (including phenoxy) is 3. The molecule has 7 nitrogen and oxygen atoms in total. The highest BCUT2D eigenvalue weighted by Gasteiger charge is 2.21. The minimum atomic E-state index is 0.0218. The Morgan fingerprint density at radius 3 is 2.67 bits per heavy atom. The van der Waals surface area contributed by atoms with Crippen LogP contribution in [0.4, 0.5) is 0 Å². The number of aromatic nitrogens is 3. The van der Waals surface area contributed by atoms with Crippen LogP contribution in [0.15, 0.2) is 54.9 Å². The summed E-state index contributed by atoms with van der Waals surface area (Å²) in [6, 6.07) is 14.0. The Bertz CT molecular complexity index is 1230. The zero-order chi connectivity index (χ0) is 23.4. The van der Waals surface area contributed by atoms with Crippen LogP contribution in [0.3, 0.4) is 0 Å². The first-order valence-corrected chi connectivity index (χ1v) is 11.1. The monoisotopic (exact) mass is 448 g/mol. The Morgan fingerprint density at radius 2 is 1.88 bits per heavy atom. The fraction of sp³-hybridized carbons (Fsp3) is 0.385. The van der Waals surface area contributed by atoms with Crippen molar-refractivity contribution in [3.63, 3.8) is 0 Å². The minimum Gasteiger partial charge on any atom is -0.491 e. The average molecular weight is 449 g/mol. The van der Waals surface area contributed by atoms with E-state index in [0.717, 1.165) is 46.0 Å². The molecular weight excluding hydrogens is 416 g/mol. The van der Waals surface area contributed by atoms with Gasteiger partial charge in [-0.2, -0.15) is 0 Å². The lowest BCUT2D eigenvalue weighted by molar-refractivity contribution is 0.142. The lowest BCUT2D eigenvalue weighted by atomic mass is 9.94. The van der Waals surface area contributed by atoms with Gasteiger partial charge >= 0.3 is 0 Å². The number of imidazole rings is 1. The zero-order valence-corrected chi connectivity index (χ0v) is 20.0. The first-order valence-electron chi connectivity index (χ1n) is 11.1. The van der Waals surface area contributed by atoms with Gasteiger partial charge in [0.2, 0.25) is 0 Å². The smallest absolute Gasteiger partial charge is 0.145 e. The molecule has 7 heteroatoms. The second-order valence-electron chi connectivity index (χ2n) is 9.29. The third kappa shape index (κ3) is 5.43. The topological polar surface area (TPSA) is 61.1 Å². The third-order valence-corrected chi connectivity index (χ3v) is 5.35. The molecule has 4 aromatic rings. The molecule has 4 rings (SSSR count). The number of hydrogen-bond donors (Lipinski definition) is 0. The molecule has 0 bridgehead atoms. The molecule has 3 heterocycles. The van der Waals surface area contributed by atoms with Crippen molar-refractivity contribution in [2.75, 3.05) is 47.6 Å². The van der Waals surface area contributed by atoms with Crippen LogP contribution in [-0.2, 0) is 4.74 Å². The molecule has 0 aliphatic carbocycles. The van der Waals surface area contributed by atoms with Crippen LogP contribution in [0, 0.1) is 5.41 Å². The lowest BCUT2D eigenvalue weighted by Gasteiger charge is -2.28. The molecule has 0 saturated heterocycles. The van der Waals surface area contributed by atoms with Crippen molar-refractivity contribution < 1.29 is 14.2 Å². The maximum atomic E-state index is 6.27. The van der Waals surface area contributed by atoms with Gasteiger partial charge in [0.15, 0.2) is 0 Å². The van der Waals surface area contributed by atoms with Gasteiger partial charge in [-0.15, -0.1) is 0 Å². The first-order chi connectivity index (χ1) is 15.9. The summed E-state index contributed by atoms with van der Waals surface area (Å²) in [5.41, 5.74) is 3.43. The maximum Gasteiger partial charge on any atom is 0.145 e. The number of pyridine rings is 2. The molecule has 0 aliphatic rings. The van der Waals surface area contributed by atoms with Gasteiger partial charge in [0, 0.05) is 36.7 Å². The van der Waals surface area contributed by atoms with Gasteiger partial charge in [-0.25, -0.2) is 9.97 Å². The van der Waals surface area contributed by atoms with E-state index in [1.807, 2.05) is 47.1 Å². The summed E-state index contributed by atoms with van der Waals surface area (Å²) >= 11 is 0. The van der Waals surface area contributed by atoms with Crippen molar-refractivity contribution in [2.45, 2.75) is 13.8 Å². The number of hydrogen-bond acceptors (Lipinski definition) is 6. The Morgan fingerprint density at radius 1 is 1.03 bits per heavy atom. The molecule has 0 saturated carbocycles. The lowest BCUT2D eigenvalue weighted by Crippen LogP contribution is -2.33. The number of methoxy groups -OCH3 is 1. The van der Waals surface area contributed by atoms with Crippen LogP contribution >= 0.6 is 0 Å². The molecule has 0 spiro atoms. The van der Waals surface area contributed by atoms with E-state index in [-0.39, 0.29) is 5.41 Å². The van der Waals surface area contributed by atoms with E-state index in [4.69, 9.17) is 19.2 Å². The number of para-hydroxylation sites is 1. The molecule has 0 unspecified atom stereocenters. The molecule has 0 amide bonds. The van der Waals surface area contributed by atoms with E-state index in [9.17, 15) is 0 Å². The second-order valence-corrected chi connectivity index (χ2v) is 9.29. The predicted molar refractivity (Wildman–Crippen MR) is 131 cm³/mol. The van der Waals surface area contributed by atoms with Gasteiger partial charge in [-0.3, -0.25) is 4.40 Å². The Hall–Kier alpha value is -3.16. The molecular formula is C26H32N4O3. The zero-order valence-electron chi connectivity index (χ0n) is 20.0. The Kier molecular flexibility index (Phi) is 6.81. The molecule has 1 aromatic carbocycles. The first kappa shape index (κ1) is 23.0. The van der Waals surface area contributed by atoms with E-state index in [0.29, 0.717) is 19.8 Å². The molecule has 174 valence electrons. The van der Waals surface area contributed by atoms with Crippen LogP contribution < -0.4 is 9.47 Å². The van der Waals surface area contributed by atoms with Gasteiger partial charge in [-0.05, 0) is 32.3 Å². The van der Waals surface area contributed by atoms with E-state index < -0.39 is 0 Å². The summed E-state index contributed by atoms with van der Waals surface area (Å²) in [5.74, 6) is 1.56. The quantitative estimate of drug-likeness (QED) is 0.332. The molecule has 0 aliphatic heterocycles. The van der Waals surface area contributed by atoms with Crippen molar-refractivity contribution in [1.82, 2.24) is 19.3 Å². The Labute approximate surface area is 194 Å². The SMILES string of the molecule is COCCOc1ccn2c(-c3ccc4cccc(OCC(C)(C)CN(C)C)c4n3)cnc2c1. The predicted octanol–water partition coefficient (Wildman–Crippen LogP) is 4.54. The van der Waals surface area contributed by atoms with Crippen LogP contribution in [0.2, 0.25) is 0 Å². The molecule has 0 fully saturated rings. The maximum absolute atomic E-state index is 6.27. The largest absolute Gasteiger partial charge is 0.491 e. The standard InChI is InChI=1S/C26H32N4O3/c1-26(2,17-29(3)4)18-33-23-8-6-7-19-9-10-21(28-25(19)23)22-16-27-24-15-20(11-12-30(22)24)32-14-13-31-5/h6-12,15-16H,13-14,17-18H2,1-5H3. The molecule has 33 heavy (non-hydrogen) atoms. The molecule has 3 aromatic heterocycles. The van der Waals surface area contributed by atoms with E-state index >= 15 is 0 Å². The summed E-state index contributed by atoms with van der Waals surface area (Å²) in [6.07, 6.45) is 3.80. The van der Waals surface area contributed by atoms with E-state index in [1.165, 1.54) is 0 Å². The van der Waals surface area contributed by atoms with Crippen molar-refractivity contribution in [3.8, 4) is 22.9 Å². The van der Waals surface area contributed by atoms with Crippen molar-refractivity contribution in [3.05, 3.63) is 54.9 Å². The molecule has 0 atom stereocenters. The van der Waals surface area contributed by atoms with Gasteiger partial charge in [0.1, 0.15) is 29.3 Å². The van der Waals surface area contributed by atoms with Crippen molar-refractivity contribution >= 4 is 16.6 Å². The highest BCUT2D eigenvalue weighted by molar-refractivity contribution is 5.86. The van der Waals surface area contributed by atoms with Crippen LogP contribution in [0.25, 0.3) is 27.9 Å². The summed E-state index contributed by atoms with van der Waals surface area (Å²) in [5, 5.41) is 1.05. The third-order valence-electron chi connectivity index (χ3n) is 5.35. The van der Waals surface area contributed by atoms with Crippen LogP contribution in [-0.4, -0.2) is 66.8 Å². The van der Waals surface area contributed by atoms with Crippen LogP contribution in [0.5, 0.6) is 11.5 Å². The van der Waals surface area contributed by atoms with E-state index in [1.54, 1.807) is 7.11 Å². The highest BCUT2D eigenvalue weighted by atomic mass is 16.5. The minimum absolute atomic E-state index is 0.0218. The number of rotatable bonds is 10. The number of benzene rings is 1. The normalized spacial score (nSPS) is 12.1. The van der Waals surface area contributed by atoms with Crippen LogP contribution in [0.1, 0.15) is 13.8 Å². The van der Waals surface area contributed by atoms with Crippen molar-refractivity contribution in [2.24, 2.45) is 5.41 Å². The molecule has 0 N–H and O–H groups in total. The average Bonchev–Trinajstić information content (AvgIpc) is 3.20. The second kappa shape index (κ2) is 9.77. The van der Waals surface area contributed by atoms with Crippen molar-refractivity contribution in [1.29, 1.82) is 0 Å². The van der Waals surface area contributed by atoms with E-state index in [2.05, 4.69) is 50.0 Å². The fourth-order valence-electron chi connectivity index (χ4n) is 4.04. The summed E-state index contributed by atoms with van der Waals surface area (Å²) in [7, 11) is 5.82. The molecule has 0 radical (unpaired) electrons.